The van der Waals surface area contributed by atoms with E-state index in [1.165, 1.54) is 11.0 Å². The van der Waals surface area contributed by atoms with Gasteiger partial charge >= 0.3 is 0 Å². The number of nitrogens with zero attached hydrogens (tertiary/aromatic N) is 3. The number of benzene rings is 2. The highest BCUT2D eigenvalue weighted by Gasteiger charge is 2.36. The summed E-state index contributed by atoms with van der Waals surface area (Å²) in [5.74, 6) is -0.215. The van der Waals surface area contributed by atoms with Crippen molar-refractivity contribution >= 4 is 40.8 Å². The van der Waals surface area contributed by atoms with Crippen molar-refractivity contribution in [1.29, 1.82) is 0 Å². The molecule has 11 heteroatoms. The summed E-state index contributed by atoms with van der Waals surface area (Å²) in [6.07, 6.45) is 3.18. The van der Waals surface area contributed by atoms with Gasteiger partial charge in [-0.3, -0.25) is 14.3 Å². The lowest BCUT2D eigenvalue weighted by Gasteiger charge is -2.27. The van der Waals surface area contributed by atoms with Crippen molar-refractivity contribution in [2.45, 2.75) is 44.7 Å². The first-order valence-electron chi connectivity index (χ1n) is 12.5. The van der Waals surface area contributed by atoms with E-state index in [-0.39, 0.29) is 25.0 Å². The number of ether oxygens (including phenoxy) is 3. The van der Waals surface area contributed by atoms with E-state index >= 15 is 0 Å². The molecule has 2 aliphatic rings. The molecule has 0 bridgehead atoms. The largest absolute Gasteiger partial charge is 0.458 e. The summed E-state index contributed by atoms with van der Waals surface area (Å²) < 4.78 is 19.0. The molecule has 1 aromatic heterocycles. The molecule has 1 saturated heterocycles. The molecule has 0 spiro atoms. The summed E-state index contributed by atoms with van der Waals surface area (Å²) in [6, 6.07) is 15.0. The highest BCUT2D eigenvalue weighted by atomic mass is 35.5. The van der Waals surface area contributed by atoms with Crippen molar-refractivity contribution < 1.29 is 23.8 Å². The van der Waals surface area contributed by atoms with Crippen molar-refractivity contribution in [3.63, 3.8) is 0 Å². The molecule has 9 nitrogen and oxygen atoms in total. The zero-order valence-corrected chi connectivity index (χ0v) is 23.0. The Labute approximate surface area is 236 Å². The van der Waals surface area contributed by atoms with Gasteiger partial charge in [0.05, 0.1) is 24.7 Å². The van der Waals surface area contributed by atoms with Crippen LogP contribution in [0.5, 0.6) is 5.75 Å². The molecule has 3 heterocycles. The third-order valence-corrected chi connectivity index (χ3v) is 7.05. The molecule has 2 amide bonds. The van der Waals surface area contributed by atoms with Gasteiger partial charge in [-0.1, -0.05) is 53.5 Å². The van der Waals surface area contributed by atoms with E-state index in [0.717, 1.165) is 5.56 Å². The number of amides is 2. The molecule has 0 aliphatic carbocycles. The van der Waals surface area contributed by atoms with Gasteiger partial charge in [-0.2, -0.15) is 5.10 Å². The van der Waals surface area contributed by atoms with E-state index in [9.17, 15) is 9.59 Å². The lowest BCUT2D eigenvalue weighted by atomic mass is 10.0. The van der Waals surface area contributed by atoms with Crippen LogP contribution in [0.25, 0.3) is 0 Å². The molecule has 204 valence electrons. The standard InChI is InChI=1S/C28H28Cl2N4O5/c1-28(2)37-17-20(39-28)15-33-12-11-25(32-33)31-27(36)23(13-18-7-3-4-8-21(18)29)34-16-19(14-26(34)35)38-24-10-6-5-9-22(24)30/h3-12,14,20,23H,13,15-17H2,1-2H3,(H,31,32,36). The predicted octanol–water partition coefficient (Wildman–Crippen LogP) is 4.70. The molecule has 2 atom stereocenters. The third kappa shape index (κ3) is 6.62. The average Bonchev–Trinajstić information content (AvgIpc) is 3.58. The molecule has 5 rings (SSSR count). The van der Waals surface area contributed by atoms with Gasteiger partial charge in [-0.15, -0.1) is 0 Å². The van der Waals surface area contributed by atoms with Gasteiger partial charge in [0.25, 0.3) is 5.91 Å². The number of rotatable bonds is 9. The van der Waals surface area contributed by atoms with Crippen LogP contribution in [0.1, 0.15) is 19.4 Å². The van der Waals surface area contributed by atoms with Gasteiger partial charge in [0, 0.05) is 29.8 Å². The first kappa shape index (κ1) is 27.2. The van der Waals surface area contributed by atoms with Gasteiger partial charge < -0.3 is 24.4 Å². The molecule has 3 aromatic rings. The SMILES string of the molecule is CC1(C)OCC(Cn2ccc(NC(=O)C(Cc3ccccc3Cl)N3CC(Oc4ccccc4Cl)=CC3=O)n2)O1. The number of anilines is 1. The Kier molecular flexibility index (Phi) is 7.95. The smallest absolute Gasteiger partial charge is 0.251 e. The Balaban J connectivity index is 1.31. The Bertz CT molecular complexity index is 1410. The maximum Gasteiger partial charge on any atom is 0.251 e. The van der Waals surface area contributed by atoms with Crippen LogP contribution in [0.15, 0.2) is 72.6 Å². The normalized spacial score (nSPS) is 19.2. The molecule has 39 heavy (non-hydrogen) atoms. The van der Waals surface area contributed by atoms with Crippen molar-refractivity contribution in [1.82, 2.24) is 14.7 Å². The van der Waals surface area contributed by atoms with E-state index in [4.69, 9.17) is 37.4 Å². The Morgan fingerprint density at radius 3 is 2.62 bits per heavy atom. The second-order valence-electron chi connectivity index (χ2n) is 9.78. The maximum atomic E-state index is 13.6. The first-order chi connectivity index (χ1) is 18.7. The molecule has 1 N–H and O–H groups in total. The lowest BCUT2D eigenvalue weighted by molar-refractivity contribution is -0.139. The third-order valence-electron chi connectivity index (χ3n) is 6.37. The average molecular weight is 571 g/mol. The van der Waals surface area contributed by atoms with Crippen molar-refractivity contribution in [3.8, 4) is 5.75 Å². The number of nitrogens with one attached hydrogen (secondary N) is 1. The summed E-state index contributed by atoms with van der Waals surface area (Å²) in [6.45, 7) is 4.74. The van der Waals surface area contributed by atoms with E-state index in [1.54, 1.807) is 47.3 Å². The minimum Gasteiger partial charge on any atom is -0.458 e. The summed E-state index contributed by atoms with van der Waals surface area (Å²) in [5.41, 5.74) is 0.735. The monoisotopic (exact) mass is 570 g/mol. The summed E-state index contributed by atoms with van der Waals surface area (Å²) >= 11 is 12.6. The number of hydrogen-bond acceptors (Lipinski definition) is 6. The van der Waals surface area contributed by atoms with E-state index in [1.807, 2.05) is 32.0 Å². The van der Waals surface area contributed by atoms with Crippen LogP contribution < -0.4 is 10.1 Å². The maximum absolute atomic E-state index is 13.6. The van der Waals surface area contributed by atoms with Crippen LogP contribution in [0.3, 0.4) is 0 Å². The number of aromatic nitrogens is 2. The van der Waals surface area contributed by atoms with Gasteiger partial charge in [-0.05, 0) is 37.6 Å². The van der Waals surface area contributed by atoms with Crippen LogP contribution in [0.4, 0.5) is 5.82 Å². The molecule has 2 unspecified atom stereocenters. The van der Waals surface area contributed by atoms with Gasteiger partial charge in [0.2, 0.25) is 5.91 Å². The fourth-order valence-electron chi connectivity index (χ4n) is 4.52. The second kappa shape index (κ2) is 11.4. The van der Waals surface area contributed by atoms with E-state index in [0.29, 0.717) is 40.5 Å². The van der Waals surface area contributed by atoms with Gasteiger partial charge in [0.15, 0.2) is 11.6 Å². The van der Waals surface area contributed by atoms with Crippen LogP contribution in [-0.4, -0.2) is 57.6 Å². The van der Waals surface area contributed by atoms with Gasteiger partial charge in [-0.25, -0.2) is 0 Å². The van der Waals surface area contributed by atoms with E-state index in [2.05, 4.69) is 10.4 Å². The van der Waals surface area contributed by atoms with Crippen LogP contribution in [0.2, 0.25) is 10.0 Å². The number of carbonyl (C=O) groups excluding carboxylic acids is 2. The highest BCUT2D eigenvalue weighted by molar-refractivity contribution is 6.32. The van der Waals surface area contributed by atoms with Crippen molar-refractivity contribution in [3.05, 3.63) is 88.2 Å². The predicted molar refractivity (Wildman–Crippen MR) is 147 cm³/mol. The Hall–Kier alpha value is -3.37. The minimum absolute atomic E-state index is 0.0931. The topological polar surface area (TPSA) is 94.9 Å². The number of carbonyl (C=O) groups is 2. The van der Waals surface area contributed by atoms with Crippen LogP contribution in [0, 0.1) is 0 Å². The zero-order valence-electron chi connectivity index (χ0n) is 21.5. The second-order valence-corrected chi connectivity index (χ2v) is 10.6. The number of para-hydroxylation sites is 1. The van der Waals surface area contributed by atoms with Crippen LogP contribution in [-0.2, 0) is 32.0 Å². The number of hydrogen-bond donors (Lipinski definition) is 1. The zero-order chi connectivity index (χ0) is 27.6. The highest BCUT2D eigenvalue weighted by Crippen LogP contribution is 2.29. The van der Waals surface area contributed by atoms with Gasteiger partial charge in [0.1, 0.15) is 23.7 Å². The number of halogens is 2. The fraction of sp³-hybridized carbons (Fsp3) is 0.321. The molecule has 0 radical (unpaired) electrons. The molecule has 0 saturated carbocycles. The minimum atomic E-state index is -0.876. The molecular formula is C28H28Cl2N4O5. The summed E-state index contributed by atoms with van der Waals surface area (Å²) in [7, 11) is 0. The fourth-order valence-corrected chi connectivity index (χ4v) is 4.91. The first-order valence-corrected chi connectivity index (χ1v) is 13.3. The quantitative estimate of drug-likeness (QED) is 0.401. The van der Waals surface area contributed by atoms with Crippen LogP contribution >= 0.6 is 23.2 Å². The Morgan fingerprint density at radius 2 is 1.90 bits per heavy atom. The molecule has 1 fully saturated rings. The molecule has 2 aromatic carbocycles. The lowest BCUT2D eigenvalue weighted by Crippen LogP contribution is -2.47. The molecule has 2 aliphatic heterocycles. The van der Waals surface area contributed by atoms with E-state index < -0.39 is 17.7 Å². The summed E-state index contributed by atoms with van der Waals surface area (Å²) in [5, 5.41) is 8.24. The van der Waals surface area contributed by atoms with Crippen molar-refractivity contribution in [2.24, 2.45) is 0 Å². The van der Waals surface area contributed by atoms with Crippen molar-refractivity contribution in [2.75, 3.05) is 18.5 Å². The Morgan fingerprint density at radius 1 is 1.15 bits per heavy atom. The molecular weight excluding hydrogens is 543 g/mol. The summed E-state index contributed by atoms with van der Waals surface area (Å²) in [4.78, 5) is 28.1.